The van der Waals surface area contributed by atoms with E-state index in [0.717, 1.165) is 12.0 Å². The van der Waals surface area contributed by atoms with E-state index in [4.69, 9.17) is 4.52 Å². The van der Waals surface area contributed by atoms with E-state index in [1.54, 1.807) is 6.92 Å². The molecule has 0 spiro atoms. The topological polar surface area (TPSA) is 38.9 Å². The fraction of sp³-hybridized carbons (Fsp3) is 0.273. The molecule has 0 amide bonds. The molecule has 0 fully saturated rings. The van der Waals surface area contributed by atoms with Crippen molar-refractivity contribution in [2.24, 2.45) is 0 Å². The van der Waals surface area contributed by atoms with E-state index in [9.17, 15) is 0 Å². The van der Waals surface area contributed by atoms with Crippen molar-refractivity contribution in [3.05, 3.63) is 35.7 Å². The molecule has 1 aromatic heterocycles. The molecule has 72 valence electrons. The Kier molecular flexibility index (Phi) is 2.31. The molecule has 0 unspecified atom stereocenters. The SMILES string of the molecule is CCc1ccc(-c2noc(C)n2)cc1. The van der Waals surface area contributed by atoms with Gasteiger partial charge in [0.25, 0.3) is 0 Å². The summed E-state index contributed by atoms with van der Waals surface area (Å²) in [7, 11) is 0. The second-order valence-electron chi connectivity index (χ2n) is 3.19. The summed E-state index contributed by atoms with van der Waals surface area (Å²) in [5.74, 6) is 1.25. The van der Waals surface area contributed by atoms with E-state index >= 15 is 0 Å². The molecule has 0 saturated heterocycles. The molecule has 0 aliphatic rings. The lowest BCUT2D eigenvalue weighted by Gasteiger charge is -1.96. The van der Waals surface area contributed by atoms with Crippen LogP contribution in [0.2, 0.25) is 0 Å². The molecule has 2 aromatic rings. The Morgan fingerprint density at radius 1 is 1.21 bits per heavy atom. The van der Waals surface area contributed by atoms with Crippen molar-refractivity contribution in [2.75, 3.05) is 0 Å². The number of rotatable bonds is 2. The minimum absolute atomic E-state index is 0.597. The molecule has 1 heterocycles. The number of nitrogens with zero attached hydrogens (tertiary/aromatic N) is 2. The van der Waals surface area contributed by atoms with E-state index in [-0.39, 0.29) is 0 Å². The Labute approximate surface area is 82.8 Å². The second kappa shape index (κ2) is 3.62. The van der Waals surface area contributed by atoms with Crippen LogP contribution < -0.4 is 0 Å². The van der Waals surface area contributed by atoms with Gasteiger partial charge in [-0.2, -0.15) is 4.98 Å². The fourth-order valence-electron chi connectivity index (χ4n) is 1.31. The summed E-state index contributed by atoms with van der Waals surface area (Å²) >= 11 is 0. The molecule has 0 N–H and O–H groups in total. The average molecular weight is 188 g/mol. The van der Waals surface area contributed by atoms with Gasteiger partial charge in [-0.1, -0.05) is 36.3 Å². The van der Waals surface area contributed by atoms with Crippen LogP contribution in [-0.4, -0.2) is 10.1 Å². The third-order valence-electron chi connectivity index (χ3n) is 2.15. The maximum atomic E-state index is 4.91. The molecule has 0 aliphatic heterocycles. The lowest BCUT2D eigenvalue weighted by atomic mass is 10.1. The third-order valence-corrected chi connectivity index (χ3v) is 2.15. The molecule has 0 aliphatic carbocycles. The molecule has 3 heteroatoms. The smallest absolute Gasteiger partial charge is 0.223 e. The van der Waals surface area contributed by atoms with Gasteiger partial charge >= 0.3 is 0 Å². The lowest BCUT2D eigenvalue weighted by molar-refractivity contribution is 0.394. The van der Waals surface area contributed by atoms with Crippen molar-refractivity contribution in [2.45, 2.75) is 20.3 Å². The van der Waals surface area contributed by atoms with Crippen molar-refractivity contribution in [1.82, 2.24) is 10.1 Å². The van der Waals surface area contributed by atoms with Crippen LogP contribution in [0.15, 0.2) is 28.8 Å². The summed E-state index contributed by atoms with van der Waals surface area (Å²) in [6.07, 6.45) is 1.05. The van der Waals surface area contributed by atoms with Crippen molar-refractivity contribution >= 4 is 0 Å². The first-order chi connectivity index (χ1) is 6.79. The molecule has 0 bridgehead atoms. The Bertz CT molecular complexity index is 417. The summed E-state index contributed by atoms with van der Waals surface area (Å²) in [6, 6.07) is 8.20. The van der Waals surface area contributed by atoms with E-state index in [0.29, 0.717) is 11.7 Å². The number of hydrogen-bond donors (Lipinski definition) is 0. The first kappa shape index (κ1) is 8.94. The number of benzene rings is 1. The van der Waals surface area contributed by atoms with E-state index < -0.39 is 0 Å². The molecule has 3 nitrogen and oxygen atoms in total. The Balaban J connectivity index is 2.33. The highest BCUT2D eigenvalue weighted by Crippen LogP contribution is 2.16. The van der Waals surface area contributed by atoms with Crippen LogP contribution in [-0.2, 0) is 6.42 Å². The maximum absolute atomic E-state index is 4.91. The molecular formula is C11H12N2O. The quantitative estimate of drug-likeness (QED) is 0.727. The van der Waals surface area contributed by atoms with Crippen LogP contribution in [0, 0.1) is 6.92 Å². The van der Waals surface area contributed by atoms with E-state index in [1.165, 1.54) is 5.56 Å². The molecular weight excluding hydrogens is 176 g/mol. The van der Waals surface area contributed by atoms with Crippen LogP contribution in [0.4, 0.5) is 0 Å². The standard InChI is InChI=1S/C11H12N2O/c1-3-9-4-6-10(7-5-9)11-12-8(2)14-13-11/h4-7H,3H2,1-2H3. The number of aromatic nitrogens is 2. The molecule has 0 radical (unpaired) electrons. The van der Waals surface area contributed by atoms with Crippen LogP contribution >= 0.6 is 0 Å². The second-order valence-corrected chi connectivity index (χ2v) is 3.19. The van der Waals surface area contributed by atoms with Crippen LogP contribution in [0.1, 0.15) is 18.4 Å². The van der Waals surface area contributed by atoms with Gasteiger partial charge in [-0.15, -0.1) is 0 Å². The van der Waals surface area contributed by atoms with Crippen molar-refractivity contribution in [1.29, 1.82) is 0 Å². The minimum Gasteiger partial charge on any atom is -0.339 e. The Morgan fingerprint density at radius 2 is 1.93 bits per heavy atom. The summed E-state index contributed by atoms with van der Waals surface area (Å²) in [6.45, 7) is 3.92. The van der Waals surface area contributed by atoms with Gasteiger partial charge in [-0.3, -0.25) is 0 Å². The van der Waals surface area contributed by atoms with Gasteiger partial charge in [-0.25, -0.2) is 0 Å². The predicted molar refractivity (Wildman–Crippen MR) is 53.8 cm³/mol. The Hall–Kier alpha value is -1.64. The zero-order chi connectivity index (χ0) is 9.97. The van der Waals surface area contributed by atoms with Crippen molar-refractivity contribution in [3.8, 4) is 11.4 Å². The molecule has 14 heavy (non-hydrogen) atoms. The highest BCUT2D eigenvalue weighted by molar-refractivity contribution is 5.54. The van der Waals surface area contributed by atoms with Gasteiger partial charge in [0.05, 0.1) is 0 Å². The normalized spacial score (nSPS) is 10.4. The van der Waals surface area contributed by atoms with Gasteiger partial charge in [0.2, 0.25) is 11.7 Å². The molecule has 0 atom stereocenters. The van der Waals surface area contributed by atoms with Gasteiger partial charge in [-0.05, 0) is 12.0 Å². The third kappa shape index (κ3) is 1.66. The predicted octanol–water partition coefficient (Wildman–Crippen LogP) is 2.61. The molecule has 2 rings (SSSR count). The van der Waals surface area contributed by atoms with Crippen LogP contribution in [0.25, 0.3) is 11.4 Å². The van der Waals surface area contributed by atoms with Crippen LogP contribution in [0.5, 0.6) is 0 Å². The summed E-state index contributed by atoms with van der Waals surface area (Å²) < 4.78 is 4.91. The number of aryl methyl sites for hydroxylation is 2. The first-order valence-electron chi connectivity index (χ1n) is 4.69. The largest absolute Gasteiger partial charge is 0.339 e. The Morgan fingerprint density at radius 3 is 2.43 bits per heavy atom. The summed E-state index contributed by atoms with van der Waals surface area (Å²) in [5, 5.41) is 3.86. The van der Waals surface area contributed by atoms with E-state index in [2.05, 4.69) is 29.2 Å². The number of hydrogen-bond acceptors (Lipinski definition) is 3. The summed E-state index contributed by atoms with van der Waals surface area (Å²) in [5.41, 5.74) is 2.31. The first-order valence-corrected chi connectivity index (χ1v) is 4.69. The maximum Gasteiger partial charge on any atom is 0.223 e. The summed E-state index contributed by atoms with van der Waals surface area (Å²) in [4.78, 5) is 4.16. The van der Waals surface area contributed by atoms with Crippen molar-refractivity contribution in [3.63, 3.8) is 0 Å². The van der Waals surface area contributed by atoms with Crippen molar-refractivity contribution < 1.29 is 4.52 Å². The highest BCUT2D eigenvalue weighted by atomic mass is 16.5. The zero-order valence-electron chi connectivity index (χ0n) is 8.32. The van der Waals surface area contributed by atoms with E-state index in [1.807, 2.05) is 12.1 Å². The van der Waals surface area contributed by atoms with Gasteiger partial charge in [0, 0.05) is 12.5 Å². The minimum atomic E-state index is 0.597. The zero-order valence-corrected chi connectivity index (χ0v) is 8.32. The molecule has 1 aromatic carbocycles. The average Bonchev–Trinajstić information content (AvgIpc) is 2.65. The highest BCUT2D eigenvalue weighted by Gasteiger charge is 2.04. The monoisotopic (exact) mass is 188 g/mol. The van der Waals surface area contributed by atoms with Gasteiger partial charge in [0.15, 0.2) is 0 Å². The lowest BCUT2D eigenvalue weighted by Crippen LogP contribution is -1.83. The fourth-order valence-corrected chi connectivity index (χ4v) is 1.31. The molecule has 0 saturated carbocycles. The van der Waals surface area contributed by atoms with Crippen LogP contribution in [0.3, 0.4) is 0 Å². The van der Waals surface area contributed by atoms with Gasteiger partial charge < -0.3 is 4.52 Å². The van der Waals surface area contributed by atoms with Gasteiger partial charge in [0.1, 0.15) is 0 Å².